The molecule has 0 saturated carbocycles. The molecule has 0 saturated heterocycles. The molecule has 0 N–H and O–H groups in total. The molecule has 1 aromatic carbocycles. The molecule has 0 aliphatic rings. The summed E-state index contributed by atoms with van der Waals surface area (Å²) in [4.78, 5) is 21.0. The van der Waals surface area contributed by atoms with Crippen LogP contribution < -0.4 is 0 Å². The Morgan fingerprint density at radius 3 is 2.50 bits per heavy atom. The molecule has 0 heterocycles. The van der Waals surface area contributed by atoms with Crippen LogP contribution in [0.3, 0.4) is 0 Å². The topological polar surface area (TPSA) is 44.8 Å². The van der Waals surface area contributed by atoms with Crippen LogP contribution >= 0.6 is 0 Å². The van der Waals surface area contributed by atoms with E-state index in [-0.39, 0.29) is 6.42 Å². The van der Waals surface area contributed by atoms with E-state index in [0.29, 0.717) is 0 Å². The molecule has 0 fully saturated rings. The second kappa shape index (κ2) is 7.13. The zero-order chi connectivity index (χ0) is 13.4. The Hall–Kier alpha value is -1.39. The minimum absolute atomic E-state index is 0.165. The standard InChI is InChI=1S/C14H20O4/c1-4-10-14(2,3)17-18-16-13(15)11-12-8-6-5-7-9-12/h5-9H,4,10-11H2,1-3H3. The van der Waals surface area contributed by atoms with Gasteiger partial charge in [-0.25, -0.2) is 4.79 Å². The molecule has 0 radical (unpaired) electrons. The Kier molecular flexibility index (Phi) is 5.82. The van der Waals surface area contributed by atoms with Crippen molar-refractivity contribution in [3.8, 4) is 0 Å². The number of hydrogen-bond donors (Lipinski definition) is 0. The van der Waals surface area contributed by atoms with Crippen molar-refractivity contribution in [1.29, 1.82) is 0 Å². The first-order chi connectivity index (χ1) is 8.53. The zero-order valence-corrected chi connectivity index (χ0v) is 11.1. The molecule has 100 valence electrons. The van der Waals surface area contributed by atoms with Gasteiger partial charge in [0.2, 0.25) is 0 Å². The van der Waals surface area contributed by atoms with Gasteiger partial charge in [0.05, 0.1) is 6.42 Å². The highest BCUT2D eigenvalue weighted by Crippen LogP contribution is 2.16. The van der Waals surface area contributed by atoms with Crippen molar-refractivity contribution in [2.45, 2.75) is 45.6 Å². The molecule has 0 amide bonds. The van der Waals surface area contributed by atoms with Crippen molar-refractivity contribution in [3.05, 3.63) is 35.9 Å². The van der Waals surface area contributed by atoms with E-state index in [1.165, 1.54) is 0 Å². The van der Waals surface area contributed by atoms with Crippen molar-refractivity contribution in [2.24, 2.45) is 0 Å². The summed E-state index contributed by atoms with van der Waals surface area (Å²) in [5.74, 6) is -0.478. The van der Waals surface area contributed by atoms with E-state index >= 15 is 0 Å². The normalized spacial score (nSPS) is 11.3. The van der Waals surface area contributed by atoms with E-state index in [1.54, 1.807) is 0 Å². The summed E-state index contributed by atoms with van der Waals surface area (Å²) >= 11 is 0. The number of carbonyl (C=O) groups is 1. The zero-order valence-electron chi connectivity index (χ0n) is 11.1. The molecule has 0 bridgehead atoms. The van der Waals surface area contributed by atoms with Gasteiger partial charge in [0.15, 0.2) is 0 Å². The maximum Gasteiger partial charge on any atom is 0.349 e. The van der Waals surface area contributed by atoms with Crippen molar-refractivity contribution in [1.82, 2.24) is 0 Å². The molecule has 0 aliphatic heterocycles. The minimum atomic E-state index is -0.478. The van der Waals surface area contributed by atoms with Gasteiger partial charge >= 0.3 is 5.97 Å². The average molecular weight is 252 g/mol. The summed E-state index contributed by atoms with van der Waals surface area (Å²) in [6, 6.07) is 9.32. The molecule has 18 heavy (non-hydrogen) atoms. The average Bonchev–Trinajstić information content (AvgIpc) is 2.29. The van der Waals surface area contributed by atoms with E-state index in [1.807, 2.05) is 51.1 Å². The quantitative estimate of drug-likeness (QED) is 0.552. The first-order valence-electron chi connectivity index (χ1n) is 6.12. The third-order valence-electron chi connectivity index (χ3n) is 2.43. The number of carbonyl (C=O) groups excluding carboxylic acids is 1. The van der Waals surface area contributed by atoms with Gasteiger partial charge < -0.3 is 0 Å². The fraction of sp³-hybridized carbons (Fsp3) is 0.500. The third-order valence-corrected chi connectivity index (χ3v) is 2.43. The van der Waals surface area contributed by atoms with Gasteiger partial charge in [0.1, 0.15) is 5.60 Å². The maximum atomic E-state index is 11.4. The van der Waals surface area contributed by atoms with E-state index in [4.69, 9.17) is 4.89 Å². The molecule has 0 atom stereocenters. The van der Waals surface area contributed by atoms with E-state index < -0.39 is 11.6 Å². The summed E-state index contributed by atoms with van der Waals surface area (Å²) in [5, 5.41) is 4.54. The Labute approximate surface area is 108 Å². The Morgan fingerprint density at radius 1 is 1.22 bits per heavy atom. The highest BCUT2D eigenvalue weighted by Gasteiger charge is 2.20. The molecule has 4 heteroatoms. The summed E-state index contributed by atoms with van der Waals surface area (Å²) in [7, 11) is 0. The lowest BCUT2D eigenvalue weighted by atomic mass is 10.0. The van der Waals surface area contributed by atoms with Gasteiger partial charge in [-0.3, -0.25) is 4.89 Å². The molecule has 0 aromatic heterocycles. The van der Waals surface area contributed by atoms with Gasteiger partial charge in [0, 0.05) is 0 Å². The first kappa shape index (κ1) is 14.7. The lowest BCUT2D eigenvalue weighted by molar-refractivity contribution is -0.517. The van der Waals surface area contributed by atoms with Crippen molar-refractivity contribution in [2.75, 3.05) is 0 Å². The van der Waals surface area contributed by atoms with Gasteiger partial charge in [-0.2, -0.15) is 4.89 Å². The van der Waals surface area contributed by atoms with Crippen LogP contribution in [0.1, 0.15) is 39.2 Å². The molecular formula is C14H20O4. The Balaban J connectivity index is 2.26. The molecule has 0 spiro atoms. The van der Waals surface area contributed by atoms with E-state index in [0.717, 1.165) is 18.4 Å². The molecule has 4 nitrogen and oxygen atoms in total. The van der Waals surface area contributed by atoms with Crippen LogP contribution in [0, 0.1) is 0 Å². The lowest BCUT2D eigenvalue weighted by Gasteiger charge is -2.20. The maximum absolute atomic E-state index is 11.4. The van der Waals surface area contributed by atoms with Crippen LogP contribution in [-0.2, 0) is 26.0 Å². The van der Waals surface area contributed by atoms with Crippen LogP contribution in [0.2, 0.25) is 0 Å². The summed E-state index contributed by atoms with van der Waals surface area (Å²) in [5.41, 5.74) is 0.417. The van der Waals surface area contributed by atoms with Crippen molar-refractivity contribution >= 4 is 5.97 Å². The summed E-state index contributed by atoms with van der Waals surface area (Å²) in [6.07, 6.45) is 1.95. The minimum Gasteiger partial charge on any atom is -0.268 e. The summed E-state index contributed by atoms with van der Waals surface area (Å²) < 4.78 is 0. The van der Waals surface area contributed by atoms with E-state index in [9.17, 15) is 4.79 Å². The summed E-state index contributed by atoms with van der Waals surface area (Å²) in [6.45, 7) is 5.80. The fourth-order valence-corrected chi connectivity index (χ4v) is 1.58. The highest BCUT2D eigenvalue weighted by molar-refractivity contribution is 5.71. The number of benzene rings is 1. The molecule has 1 aromatic rings. The van der Waals surface area contributed by atoms with Crippen LogP contribution in [0.4, 0.5) is 0 Å². The van der Waals surface area contributed by atoms with Gasteiger partial charge in [-0.1, -0.05) is 43.7 Å². The van der Waals surface area contributed by atoms with Crippen molar-refractivity contribution < 1.29 is 19.6 Å². The predicted molar refractivity (Wildman–Crippen MR) is 67.4 cm³/mol. The van der Waals surface area contributed by atoms with Gasteiger partial charge in [-0.05, 0) is 30.9 Å². The second-order valence-corrected chi connectivity index (χ2v) is 4.78. The molecular weight excluding hydrogens is 232 g/mol. The number of hydrogen-bond acceptors (Lipinski definition) is 4. The third kappa shape index (κ3) is 5.80. The molecule has 1 rings (SSSR count). The van der Waals surface area contributed by atoms with Crippen LogP contribution in [-0.4, -0.2) is 11.6 Å². The molecule has 0 unspecified atom stereocenters. The largest absolute Gasteiger partial charge is 0.349 e. The monoisotopic (exact) mass is 252 g/mol. The second-order valence-electron chi connectivity index (χ2n) is 4.78. The van der Waals surface area contributed by atoms with Gasteiger partial charge in [0.25, 0.3) is 0 Å². The first-order valence-corrected chi connectivity index (χ1v) is 6.12. The Bertz CT molecular complexity index is 359. The van der Waals surface area contributed by atoms with E-state index in [2.05, 4.69) is 9.93 Å². The number of rotatable bonds is 7. The van der Waals surface area contributed by atoms with Crippen LogP contribution in [0.15, 0.2) is 30.3 Å². The van der Waals surface area contributed by atoms with Gasteiger partial charge in [-0.15, -0.1) is 0 Å². The van der Waals surface area contributed by atoms with Crippen LogP contribution in [0.5, 0.6) is 0 Å². The smallest absolute Gasteiger partial charge is 0.268 e. The fourth-order valence-electron chi connectivity index (χ4n) is 1.58. The SMILES string of the molecule is CCCC(C)(C)OOOC(=O)Cc1ccccc1. The molecule has 0 aliphatic carbocycles. The lowest BCUT2D eigenvalue weighted by Crippen LogP contribution is -2.25. The Morgan fingerprint density at radius 2 is 1.89 bits per heavy atom. The predicted octanol–water partition coefficient (Wildman–Crippen LogP) is 3.21. The van der Waals surface area contributed by atoms with Crippen LogP contribution in [0.25, 0.3) is 0 Å². The van der Waals surface area contributed by atoms with Crippen molar-refractivity contribution in [3.63, 3.8) is 0 Å². The highest BCUT2D eigenvalue weighted by atomic mass is 17.5.